The van der Waals surface area contributed by atoms with E-state index in [9.17, 15) is 48.3 Å². The van der Waals surface area contributed by atoms with Crippen molar-refractivity contribution in [3.05, 3.63) is 35.9 Å². The van der Waals surface area contributed by atoms with E-state index in [1.165, 1.54) is 79.7 Å². The zero-order valence-electron chi connectivity index (χ0n) is 43.8. The SMILES string of the molecule is CC(C)C[C@H]1C(=O)N[C@@H](COC(C)(C)C)C(=O)N[C@@H](C)C(=O)NC(C)C(=O)N(C)[C@@H](C)C(=O)N(C)[C@@H](Cc2ccccc2)C(=O)N(C)[C@@H](CC(C)C)C(=O)N=C([C@@H](C)O)C(=O)N(C)[C@@H](C)C(=O)N1C. The molecule has 0 radical (unpaired) electrons. The summed E-state index contributed by atoms with van der Waals surface area (Å²) in [6.07, 6.45) is -1.43. The van der Waals surface area contributed by atoms with Crippen LogP contribution >= 0.6 is 0 Å². The van der Waals surface area contributed by atoms with Crippen LogP contribution in [0.2, 0.25) is 0 Å². The van der Waals surface area contributed by atoms with Crippen LogP contribution in [0.1, 0.15) is 101 Å². The summed E-state index contributed by atoms with van der Waals surface area (Å²) < 4.78 is 5.90. The van der Waals surface area contributed by atoms with Gasteiger partial charge in [-0.25, -0.2) is 4.99 Å². The molecule has 1 aliphatic heterocycles. The molecule has 9 atom stereocenters. The lowest BCUT2D eigenvalue weighted by molar-refractivity contribution is -0.151. The number of nitrogens with zero attached hydrogens (tertiary/aromatic N) is 6. The second-order valence-electron chi connectivity index (χ2n) is 20.0. The summed E-state index contributed by atoms with van der Waals surface area (Å²) in [4.78, 5) is 137. The number of amides is 9. The van der Waals surface area contributed by atoms with E-state index in [0.717, 1.165) is 14.7 Å². The molecule has 0 saturated carbocycles. The van der Waals surface area contributed by atoms with Gasteiger partial charge in [-0.3, -0.25) is 43.2 Å². The van der Waals surface area contributed by atoms with E-state index in [1.807, 2.05) is 27.7 Å². The number of aliphatic imine (C=N–C) groups is 1. The van der Waals surface area contributed by atoms with Crippen LogP contribution in [-0.2, 0) is 54.3 Å². The highest BCUT2D eigenvalue weighted by Crippen LogP contribution is 2.21. The zero-order chi connectivity index (χ0) is 53.0. The number of carbonyl (C=O) groups is 9. The third-order valence-electron chi connectivity index (χ3n) is 12.2. The first kappa shape index (κ1) is 59.4. The van der Waals surface area contributed by atoms with Gasteiger partial charge in [-0.1, -0.05) is 58.0 Å². The van der Waals surface area contributed by atoms with Gasteiger partial charge in [-0.05, 0) is 85.6 Å². The topological polar surface area (TPSA) is 248 Å². The van der Waals surface area contributed by atoms with Gasteiger partial charge in [-0.2, -0.15) is 0 Å². The third kappa shape index (κ3) is 16.7. The zero-order valence-corrected chi connectivity index (χ0v) is 43.8. The molecule has 20 nitrogen and oxygen atoms in total. The van der Waals surface area contributed by atoms with Crippen molar-refractivity contribution in [1.29, 1.82) is 0 Å². The molecule has 0 spiro atoms. The minimum absolute atomic E-state index is 0.00343. The first-order valence-electron chi connectivity index (χ1n) is 23.6. The highest BCUT2D eigenvalue weighted by molar-refractivity contribution is 6.42. The van der Waals surface area contributed by atoms with Gasteiger partial charge < -0.3 is 50.3 Å². The van der Waals surface area contributed by atoms with Gasteiger partial charge in [0.2, 0.25) is 41.4 Å². The van der Waals surface area contributed by atoms with E-state index in [2.05, 4.69) is 20.9 Å². The fraction of sp³-hybridized carbons (Fsp3) is 0.673. The molecule has 4 N–H and O–H groups in total. The van der Waals surface area contributed by atoms with Gasteiger partial charge in [0.1, 0.15) is 54.0 Å². The van der Waals surface area contributed by atoms with E-state index >= 15 is 0 Å². The van der Waals surface area contributed by atoms with Gasteiger partial charge in [0.25, 0.3) is 11.8 Å². The average molecular weight is 970 g/mol. The van der Waals surface area contributed by atoms with E-state index in [-0.39, 0.29) is 37.7 Å². The summed E-state index contributed by atoms with van der Waals surface area (Å²) in [6, 6.07) is -1.10. The van der Waals surface area contributed by atoms with Gasteiger partial charge in [0.15, 0.2) is 0 Å². The molecule has 0 aromatic heterocycles. The molecule has 1 aromatic carbocycles. The first-order chi connectivity index (χ1) is 31.8. The molecule has 0 bridgehead atoms. The number of hydrogen-bond donors (Lipinski definition) is 4. The normalized spacial score (nSPS) is 26.3. The quantitative estimate of drug-likeness (QED) is 0.274. The number of nitrogens with one attached hydrogen (secondary N) is 3. The Labute approximate surface area is 408 Å². The number of rotatable bonds is 9. The van der Waals surface area contributed by atoms with Crippen LogP contribution in [0.15, 0.2) is 35.3 Å². The van der Waals surface area contributed by atoms with E-state index in [0.29, 0.717) is 5.56 Å². The molecule has 386 valence electrons. The summed E-state index contributed by atoms with van der Waals surface area (Å²) in [5, 5.41) is 18.8. The Bertz CT molecular complexity index is 2040. The van der Waals surface area contributed by atoms with Crippen molar-refractivity contribution >= 4 is 58.9 Å². The number of hydrogen-bond acceptors (Lipinski definition) is 11. The molecule has 0 aliphatic carbocycles. The van der Waals surface area contributed by atoms with Gasteiger partial charge >= 0.3 is 0 Å². The number of carbonyl (C=O) groups excluding carboxylic acids is 9. The molecule has 9 amide bonds. The second-order valence-corrected chi connectivity index (χ2v) is 20.0. The summed E-state index contributed by atoms with van der Waals surface area (Å²) in [6.45, 7) is 19.1. The van der Waals surface area contributed by atoms with Crippen LogP contribution in [0, 0.1) is 11.8 Å². The standard InChI is InChI=1S/C49H79N9O11/c1-27(2)23-36-42(62)52-35(26-69-49(10,11)12)41(61)50-29(5)40(60)51-30(6)44(64)54(13)31(7)46(66)58(17)38(25-34-21-19-18-20-22-34)47(67)57(16)37(24-28(3)4)43(63)53-39(33(9)59)48(68)55(14)32(8)45(65)56(36)15/h18-22,27-33,35-38,59H,23-26H2,1-17H3,(H,50,61)(H,51,60)(H,52,62)/t29-,30?,31-,32-,33+,35-,36-,37-,38-/m0/s1. The molecule has 1 heterocycles. The lowest BCUT2D eigenvalue weighted by Crippen LogP contribution is -2.60. The van der Waals surface area contributed by atoms with Crippen molar-refractivity contribution in [2.75, 3.05) is 41.8 Å². The van der Waals surface area contributed by atoms with Crippen molar-refractivity contribution in [3.8, 4) is 0 Å². The monoisotopic (exact) mass is 970 g/mol. The fourth-order valence-electron chi connectivity index (χ4n) is 7.53. The number of likely N-dealkylation sites (N-methyl/N-ethyl adjacent to an activating group) is 5. The predicted molar refractivity (Wildman–Crippen MR) is 260 cm³/mol. The number of aliphatic hydroxyl groups is 1. The minimum Gasteiger partial charge on any atom is -0.387 e. The number of ether oxygens (including phenoxy) is 1. The Balaban J connectivity index is 2.87. The van der Waals surface area contributed by atoms with E-state index < -0.39 is 119 Å². The van der Waals surface area contributed by atoms with Crippen molar-refractivity contribution in [3.63, 3.8) is 0 Å². The molecule has 1 aromatic rings. The lowest BCUT2D eigenvalue weighted by Gasteiger charge is -2.37. The number of aliphatic hydroxyl groups excluding tert-OH is 1. The van der Waals surface area contributed by atoms with Gasteiger partial charge in [0.05, 0.1) is 18.3 Å². The van der Waals surface area contributed by atoms with Crippen LogP contribution in [0.3, 0.4) is 0 Å². The molecule has 69 heavy (non-hydrogen) atoms. The Morgan fingerprint density at radius 3 is 1.58 bits per heavy atom. The van der Waals surface area contributed by atoms with Gasteiger partial charge in [0, 0.05) is 41.7 Å². The summed E-state index contributed by atoms with van der Waals surface area (Å²) >= 11 is 0. The van der Waals surface area contributed by atoms with Crippen LogP contribution in [0.5, 0.6) is 0 Å². The molecule has 0 fully saturated rings. The summed E-state index contributed by atoms with van der Waals surface area (Å²) in [7, 11) is 6.83. The largest absolute Gasteiger partial charge is 0.387 e. The smallest absolute Gasteiger partial charge is 0.271 e. The highest BCUT2D eigenvalue weighted by Gasteiger charge is 2.41. The maximum Gasteiger partial charge on any atom is 0.271 e. The maximum absolute atomic E-state index is 14.8. The minimum atomic E-state index is -1.62. The van der Waals surface area contributed by atoms with Crippen LogP contribution in [-0.4, -0.2) is 190 Å². The Morgan fingerprint density at radius 1 is 0.594 bits per heavy atom. The van der Waals surface area contributed by atoms with Gasteiger partial charge in [-0.15, -0.1) is 0 Å². The summed E-state index contributed by atoms with van der Waals surface area (Å²) in [5.74, 6) is -7.23. The van der Waals surface area contributed by atoms with Crippen molar-refractivity contribution in [2.24, 2.45) is 16.8 Å². The molecule has 1 unspecified atom stereocenters. The average Bonchev–Trinajstić information content (AvgIpc) is 3.28. The molecule has 20 heteroatoms. The van der Waals surface area contributed by atoms with E-state index in [4.69, 9.17) is 4.74 Å². The Kier molecular flexibility index (Phi) is 22.1. The summed E-state index contributed by atoms with van der Waals surface area (Å²) in [5.41, 5.74) is -0.688. The molecular formula is C49H79N9O11. The maximum atomic E-state index is 14.8. The second kappa shape index (κ2) is 25.7. The first-order valence-corrected chi connectivity index (χ1v) is 23.6. The van der Waals surface area contributed by atoms with Crippen molar-refractivity contribution < 1.29 is 53.0 Å². The predicted octanol–water partition coefficient (Wildman–Crippen LogP) is 1.17. The molecule has 0 saturated heterocycles. The van der Waals surface area contributed by atoms with Crippen LogP contribution in [0.4, 0.5) is 0 Å². The van der Waals surface area contributed by atoms with Crippen LogP contribution in [0.25, 0.3) is 0 Å². The van der Waals surface area contributed by atoms with Crippen LogP contribution < -0.4 is 16.0 Å². The molecular weight excluding hydrogens is 891 g/mol. The highest BCUT2D eigenvalue weighted by atomic mass is 16.5. The molecule has 1 aliphatic rings. The third-order valence-corrected chi connectivity index (χ3v) is 12.2. The molecule has 2 rings (SSSR count). The van der Waals surface area contributed by atoms with Crippen molar-refractivity contribution in [1.82, 2.24) is 40.4 Å². The number of benzene rings is 1. The fourth-order valence-corrected chi connectivity index (χ4v) is 7.53. The Hall–Kier alpha value is -5.76. The van der Waals surface area contributed by atoms with E-state index in [1.54, 1.807) is 51.1 Å². The Morgan fingerprint density at radius 2 is 1.07 bits per heavy atom. The van der Waals surface area contributed by atoms with Crippen molar-refractivity contribution in [2.45, 2.75) is 162 Å². The lowest BCUT2D eigenvalue weighted by atomic mass is 9.98.